The molecular weight excluding hydrogens is 450 g/mol. The summed E-state index contributed by atoms with van der Waals surface area (Å²) in [5.74, 6) is -1.13. The number of hydrogen-bond acceptors (Lipinski definition) is 4. The number of pyridine rings is 1. The van der Waals surface area contributed by atoms with Crippen LogP contribution in [0, 0.1) is 17.2 Å². The lowest BCUT2D eigenvalue weighted by Gasteiger charge is -2.37. The number of hydrogen-bond donors (Lipinski definition) is 1. The van der Waals surface area contributed by atoms with Crippen molar-refractivity contribution in [2.45, 2.75) is 44.7 Å². The molecule has 2 atom stereocenters. The molecule has 0 aliphatic heterocycles. The molecule has 5 nitrogen and oxygen atoms in total. The molecule has 1 amide bonds. The van der Waals surface area contributed by atoms with E-state index in [2.05, 4.69) is 4.98 Å². The lowest BCUT2D eigenvalue weighted by molar-refractivity contribution is -0.192. The molecule has 2 aromatic rings. The molecule has 1 aromatic heterocycles. The van der Waals surface area contributed by atoms with Gasteiger partial charge < -0.3 is 5.73 Å². The molecule has 0 unspecified atom stereocenters. The van der Waals surface area contributed by atoms with Crippen LogP contribution in [0.4, 0.5) is 26.3 Å². The second-order valence-corrected chi connectivity index (χ2v) is 7.87. The van der Waals surface area contributed by atoms with Crippen LogP contribution >= 0.6 is 0 Å². The molecule has 178 valence electrons. The van der Waals surface area contributed by atoms with Gasteiger partial charge in [-0.15, -0.1) is 0 Å². The van der Waals surface area contributed by atoms with Crippen molar-refractivity contribution in [1.82, 2.24) is 9.88 Å². The average molecular weight is 472 g/mol. The second-order valence-electron chi connectivity index (χ2n) is 7.87. The number of benzene rings is 1. The van der Waals surface area contributed by atoms with Gasteiger partial charge in [-0.25, -0.2) is 0 Å². The van der Waals surface area contributed by atoms with Crippen LogP contribution in [0.3, 0.4) is 0 Å². The van der Waals surface area contributed by atoms with E-state index < -0.39 is 42.5 Å². The number of carbonyl (C=O) groups excluding carboxylic acids is 1. The van der Waals surface area contributed by atoms with Crippen molar-refractivity contribution in [3.05, 3.63) is 53.7 Å². The number of nitriles is 1. The van der Waals surface area contributed by atoms with E-state index in [1.807, 2.05) is 0 Å². The summed E-state index contributed by atoms with van der Waals surface area (Å²) < 4.78 is 80.4. The minimum Gasteiger partial charge on any atom is -0.368 e. The van der Waals surface area contributed by atoms with Crippen LogP contribution in [-0.4, -0.2) is 34.6 Å². The smallest absolute Gasteiger partial charge is 0.368 e. The summed E-state index contributed by atoms with van der Waals surface area (Å²) >= 11 is 0. The number of aromatic nitrogens is 1. The first kappa shape index (κ1) is 26.1. The Morgan fingerprint density at radius 3 is 2.09 bits per heavy atom. The van der Waals surface area contributed by atoms with Gasteiger partial charge in [-0.2, -0.15) is 31.6 Å². The molecule has 0 fully saturated rings. The Morgan fingerprint density at radius 1 is 1.09 bits per heavy atom. The Labute approximate surface area is 186 Å². The van der Waals surface area contributed by atoms with Gasteiger partial charge in [0.1, 0.15) is 6.04 Å². The van der Waals surface area contributed by atoms with Crippen molar-refractivity contribution in [3.63, 3.8) is 0 Å². The third-order valence-corrected chi connectivity index (χ3v) is 4.93. The zero-order valence-electron chi connectivity index (χ0n) is 17.8. The largest absolute Gasteiger partial charge is 0.417 e. The molecule has 2 rings (SSSR count). The Hall–Kier alpha value is -3.13. The van der Waals surface area contributed by atoms with Crippen LogP contribution in [0.5, 0.6) is 0 Å². The van der Waals surface area contributed by atoms with Gasteiger partial charge in [0.05, 0.1) is 29.9 Å². The normalized spacial score (nSPS) is 14.2. The molecule has 0 bridgehead atoms. The van der Waals surface area contributed by atoms with E-state index >= 15 is 0 Å². The monoisotopic (exact) mass is 472 g/mol. The van der Waals surface area contributed by atoms with Gasteiger partial charge in [0.25, 0.3) is 0 Å². The number of primary amides is 1. The number of alkyl halides is 6. The van der Waals surface area contributed by atoms with Gasteiger partial charge in [-0.1, -0.05) is 38.1 Å². The van der Waals surface area contributed by atoms with E-state index in [4.69, 9.17) is 11.0 Å². The van der Waals surface area contributed by atoms with Gasteiger partial charge in [-0.3, -0.25) is 14.7 Å². The van der Waals surface area contributed by atoms with Gasteiger partial charge in [0, 0.05) is 11.8 Å². The molecular formula is C22H22F6N4O. The summed E-state index contributed by atoms with van der Waals surface area (Å²) in [6, 6.07) is 4.86. The quantitative estimate of drug-likeness (QED) is 0.428. The molecule has 11 heteroatoms. The second kappa shape index (κ2) is 10.2. The molecule has 33 heavy (non-hydrogen) atoms. The molecule has 0 saturated carbocycles. The molecule has 0 saturated heterocycles. The van der Waals surface area contributed by atoms with Crippen LogP contribution in [0.2, 0.25) is 0 Å². The fourth-order valence-corrected chi connectivity index (χ4v) is 3.46. The number of carbonyl (C=O) groups is 1. The van der Waals surface area contributed by atoms with Crippen LogP contribution in [0.1, 0.15) is 37.4 Å². The first-order valence-electron chi connectivity index (χ1n) is 9.88. The topological polar surface area (TPSA) is 83.0 Å². The van der Waals surface area contributed by atoms with E-state index in [0.717, 1.165) is 29.2 Å². The summed E-state index contributed by atoms with van der Waals surface area (Å²) in [5.41, 5.74) is 4.62. The predicted octanol–water partition coefficient (Wildman–Crippen LogP) is 5.10. The standard InChI is InChI=1S/C22H22F6N4O/c1-13(2)11-18(20(30)33)32(10-9-29)19(22(26,27)28)15-5-3-14(4-6-15)17-8-7-16(12-31-17)21(23,24)25/h3-8,12-13,18-19H,10-11H2,1-2H3,(H2,30,33)/t18-,19-/m0/s1. The first-order chi connectivity index (χ1) is 15.3. The number of nitrogens with zero attached hydrogens (tertiary/aromatic N) is 3. The lowest BCUT2D eigenvalue weighted by Crippen LogP contribution is -2.51. The third kappa shape index (κ3) is 6.68. The minimum absolute atomic E-state index is 0.0250. The third-order valence-electron chi connectivity index (χ3n) is 4.93. The summed E-state index contributed by atoms with van der Waals surface area (Å²) in [5, 5.41) is 9.14. The highest BCUT2D eigenvalue weighted by atomic mass is 19.4. The highest BCUT2D eigenvalue weighted by Crippen LogP contribution is 2.40. The fourth-order valence-electron chi connectivity index (χ4n) is 3.46. The van der Waals surface area contributed by atoms with E-state index in [0.29, 0.717) is 11.8 Å². The molecule has 0 spiro atoms. The van der Waals surface area contributed by atoms with Crippen molar-refractivity contribution < 1.29 is 31.1 Å². The first-order valence-corrected chi connectivity index (χ1v) is 9.88. The Kier molecular flexibility index (Phi) is 8.08. The maximum absolute atomic E-state index is 14.1. The van der Waals surface area contributed by atoms with Crippen LogP contribution in [0.25, 0.3) is 11.3 Å². The van der Waals surface area contributed by atoms with Crippen LogP contribution < -0.4 is 5.73 Å². The van der Waals surface area contributed by atoms with Gasteiger partial charge in [-0.05, 0) is 30.0 Å². The molecule has 1 heterocycles. The van der Waals surface area contributed by atoms with Crippen LogP contribution in [0.15, 0.2) is 42.6 Å². The Morgan fingerprint density at radius 2 is 1.70 bits per heavy atom. The molecule has 0 aliphatic carbocycles. The zero-order chi connectivity index (χ0) is 25.0. The number of halogens is 6. The minimum atomic E-state index is -4.84. The molecule has 0 radical (unpaired) electrons. The van der Waals surface area contributed by atoms with Crippen molar-refractivity contribution >= 4 is 5.91 Å². The van der Waals surface area contributed by atoms with E-state index in [9.17, 15) is 31.1 Å². The summed E-state index contributed by atoms with van der Waals surface area (Å²) in [6.45, 7) is 2.75. The van der Waals surface area contributed by atoms with Gasteiger partial charge in [0.15, 0.2) is 0 Å². The highest BCUT2D eigenvalue weighted by Gasteiger charge is 2.48. The summed E-state index contributed by atoms with van der Waals surface area (Å²) in [6.07, 6.45) is -8.74. The Bertz CT molecular complexity index is 978. The lowest BCUT2D eigenvalue weighted by atomic mass is 9.96. The van der Waals surface area contributed by atoms with Gasteiger partial charge >= 0.3 is 12.4 Å². The van der Waals surface area contributed by atoms with Crippen molar-refractivity contribution in [2.75, 3.05) is 6.54 Å². The number of amides is 1. The summed E-state index contributed by atoms with van der Waals surface area (Å²) in [4.78, 5) is 16.4. The van der Waals surface area contributed by atoms with E-state index in [-0.39, 0.29) is 23.6 Å². The number of nitrogens with two attached hydrogens (primary N) is 1. The molecule has 2 N–H and O–H groups in total. The maximum Gasteiger partial charge on any atom is 0.417 e. The van der Waals surface area contributed by atoms with Crippen molar-refractivity contribution in [3.8, 4) is 17.3 Å². The van der Waals surface area contributed by atoms with Gasteiger partial charge in [0.2, 0.25) is 5.91 Å². The maximum atomic E-state index is 14.1. The SMILES string of the molecule is CC(C)C[C@@H](C(N)=O)N(CC#N)[C@@H](c1ccc(-c2ccc(C(F)(F)F)cn2)cc1)C(F)(F)F. The zero-order valence-corrected chi connectivity index (χ0v) is 17.8. The predicted molar refractivity (Wildman–Crippen MR) is 108 cm³/mol. The van der Waals surface area contributed by atoms with Crippen molar-refractivity contribution in [2.24, 2.45) is 11.7 Å². The van der Waals surface area contributed by atoms with E-state index in [1.165, 1.54) is 12.1 Å². The van der Waals surface area contributed by atoms with E-state index in [1.54, 1.807) is 19.9 Å². The van der Waals surface area contributed by atoms with Crippen molar-refractivity contribution in [1.29, 1.82) is 5.26 Å². The molecule has 0 aliphatic rings. The Balaban J connectivity index is 2.45. The average Bonchev–Trinajstić information content (AvgIpc) is 2.70. The summed E-state index contributed by atoms with van der Waals surface area (Å²) in [7, 11) is 0. The number of rotatable bonds is 8. The fraction of sp³-hybridized carbons (Fsp3) is 0.409. The molecule has 1 aromatic carbocycles. The van der Waals surface area contributed by atoms with Crippen LogP contribution in [-0.2, 0) is 11.0 Å². The highest BCUT2D eigenvalue weighted by molar-refractivity contribution is 5.80.